The fourth-order valence-corrected chi connectivity index (χ4v) is 9.61. The van der Waals surface area contributed by atoms with Crippen LogP contribution in [0.4, 0.5) is 0 Å². The number of rotatable bonds is 4. The van der Waals surface area contributed by atoms with Crippen LogP contribution in [-0.4, -0.2) is 105 Å². The normalized spacial score (nSPS) is 31.9. The average Bonchev–Trinajstić information content (AvgIpc) is 2.36. The maximum atomic E-state index is 3.57. The quantitative estimate of drug-likeness (QED) is 0.730. The van der Waals surface area contributed by atoms with Crippen molar-refractivity contribution in [1.29, 1.82) is 0 Å². The minimum absolute atomic E-state index is 0.169. The molecule has 2 saturated heterocycles. The molecule has 2 aliphatic heterocycles. The average molecular weight is 334 g/mol. The van der Waals surface area contributed by atoms with Crippen molar-refractivity contribution in [1.82, 2.24) is 29.3 Å². The molecule has 0 aromatic rings. The van der Waals surface area contributed by atoms with Crippen molar-refractivity contribution in [2.24, 2.45) is 0 Å². The van der Waals surface area contributed by atoms with Gasteiger partial charge in [0, 0.05) is 74.7 Å². The van der Waals surface area contributed by atoms with Crippen LogP contribution >= 0.6 is 16.4 Å². The standard InChI is InChI=1S/C13H32N6P2/c1-16(2)20(17(3)4)13-21-18-9-5-14-6-10-19(21)12-8-15-7-11-18/h14-15H,5-13H2,1-4H3. The first-order valence-corrected chi connectivity index (χ1v) is 10.8. The summed E-state index contributed by atoms with van der Waals surface area (Å²) in [5.41, 5.74) is 0. The molecule has 2 fully saturated rings. The Balaban J connectivity index is 2.12. The van der Waals surface area contributed by atoms with E-state index in [2.05, 4.69) is 57.5 Å². The molecule has 2 heterocycles. The molecule has 0 aromatic heterocycles. The second-order valence-electron chi connectivity index (χ2n) is 5.99. The van der Waals surface area contributed by atoms with Gasteiger partial charge in [0.25, 0.3) is 0 Å². The Kier molecular flexibility index (Phi) is 7.74. The molecule has 2 aliphatic rings. The van der Waals surface area contributed by atoms with Gasteiger partial charge < -0.3 is 10.6 Å². The van der Waals surface area contributed by atoms with Crippen LogP contribution < -0.4 is 10.6 Å². The van der Waals surface area contributed by atoms with Gasteiger partial charge >= 0.3 is 0 Å². The van der Waals surface area contributed by atoms with Gasteiger partial charge in [-0.25, -0.2) is 0 Å². The molecular formula is C13H32N6P2. The first kappa shape index (κ1) is 18.0. The summed E-state index contributed by atoms with van der Waals surface area (Å²) in [7, 11) is 8.56. The third-order valence-corrected chi connectivity index (χ3v) is 9.99. The predicted octanol–water partition coefficient (Wildman–Crippen LogP) is 0.501. The summed E-state index contributed by atoms with van der Waals surface area (Å²) >= 11 is 0. The zero-order chi connectivity index (χ0) is 15.2. The summed E-state index contributed by atoms with van der Waals surface area (Å²) in [6.45, 7) is 9.29. The Bertz CT molecular complexity index is 266. The molecule has 0 aromatic carbocycles. The molecule has 2 bridgehead atoms. The molecule has 2 rings (SSSR count). The van der Waals surface area contributed by atoms with Crippen molar-refractivity contribution >= 4 is 16.4 Å². The molecule has 6 nitrogen and oxygen atoms in total. The minimum atomic E-state index is -0.196. The highest BCUT2D eigenvalue weighted by Gasteiger charge is 2.31. The molecule has 21 heavy (non-hydrogen) atoms. The van der Waals surface area contributed by atoms with Gasteiger partial charge in [0.15, 0.2) is 0 Å². The van der Waals surface area contributed by atoms with E-state index >= 15 is 0 Å². The van der Waals surface area contributed by atoms with E-state index in [9.17, 15) is 0 Å². The van der Waals surface area contributed by atoms with Gasteiger partial charge in [-0.1, -0.05) is 0 Å². The van der Waals surface area contributed by atoms with Crippen molar-refractivity contribution in [2.75, 3.05) is 86.5 Å². The van der Waals surface area contributed by atoms with Gasteiger partial charge in [-0.15, -0.1) is 0 Å². The highest BCUT2D eigenvalue weighted by molar-refractivity contribution is 7.70. The Morgan fingerprint density at radius 3 is 1.52 bits per heavy atom. The van der Waals surface area contributed by atoms with Crippen molar-refractivity contribution < 1.29 is 0 Å². The zero-order valence-corrected chi connectivity index (χ0v) is 15.8. The summed E-state index contributed by atoms with van der Waals surface area (Å²) in [6, 6.07) is 0. The first-order chi connectivity index (χ1) is 10.1. The lowest BCUT2D eigenvalue weighted by Gasteiger charge is -2.45. The SMILES string of the molecule is CN(C)P(CP1N2CCNCCN1CCNCC2)N(C)C. The Labute approximate surface area is 132 Å². The third kappa shape index (κ3) is 5.33. The Hall–Kier alpha value is 0.620. The monoisotopic (exact) mass is 334 g/mol. The van der Waals surface area contributed by atoms with Gasteiger partial charge in [-0.2, -0.15) is 0 Å². The summed E-state index contributed by atoms with van der Waals surface area (Å²) in [4.78, 5) is 0. The lowest BCUT2D eigenvalue weighted by molar-refractivity contribution is 0.326. The largest absolute Gasteiger partial charge is 0.314 e. The summed E-state index contributed by atoms with van der Waals surface area (Å²) in [5.74, 6) is 1.31. The van der Waals surface area contributed by atoms with Crippen molar-refractivity contribution in [2.45, 2.75) is 0 Å². The molecule has 0 saturated carbocycles. The van der Waals surface area contributed by atoms with Gasteiger partial charge in [-0.05, 0) is 28.2 Å². The van der Waals surface area contributed by atoms with Crippen LogP contribution in [0, 0.1) is 0 Å². The van der Waals surface area contributed by atoms with Gasteiger partial charge in [0.2, 0.25) is 0 Å². The van der Waals surface area contributed by atoms with Gasteiger partial charge in [-0.3, -0.25) is 18.7 Å². The maximum absolute atomic E-state index is 3.57. The first-order valence-electron chi connectivity index (χ1n) is 7.90. The number of nitrogens with one attached hydrogen (secondary N) is 2. The smallest absolute Gasteiger partial charge is 0.0467 e. The van der Waals surface area contributed by atoms with Crippen LogP contribution in [-0.2, 0) is 0 Å². The van der Waals surface area contributed by atoms with E-state index in [1.807, 2.05) is 0 Å². The van der Waals surface area contributed by atoms with Gasteiger partial charge in [0.1, 0.15) is 0 Å². The summed E-state index contributed by atoms with van der Waals surface area (Å²) < 4.78 is 10.3. The molecule has 124 valence electrons. The van der Waals surface area contributed by atoms with Crippen molar-refractivity contribution in [3.63, 3.8) is 0 Å². The van der Waals surface area contributed by atoms with E-state index in [1.165, 1.54) is 32.1 Å². The van der Waals surface area contributed by atoms with Crippen LogP contribution in [0.25, 0.3) is 0 Å². The molecule has 0 spiro atoms. The lowest BCUT2D eigenvalue weighted by atomic mass is 10.4. The maximum Gasteiger partial charge on any atom is 0.0467 e. The van der Waals surface area contributed by atoms with Crippen LogP contribution in [0.1, 0.15) is 0 Å². The fraction of sp³-hybridized carbons (Fsp3) is 1.00. The number of fused-ring (bicyclic) bond motifs is 2. The molecule has 0 amide bonds. The summed E-state index contributed by atoms with van der Waals surface area (Å²) in [5, 5.41) is 7.15. The van der Waals surface area contributed by atoms with Crippen molar-refractivity contribution in [3.8, 4) is 0 Å². The van der Waals surface area contributed by atoms with Gasteiger partial charge in [0.05, 0.1) is 0 Å². The number of hydrogen-bond acceptors (Lipinski definition) is 6. The molecule has 8 heteroatoms. The molecule has 0 radical (unpaired) electrons. The van der Waals surface area contributed by atoms with E-state index in [0.29, 0.717) is 0 Å². The van der Waals surface area contributed by atoms with E-state index in [0.717, 1.165) is 26.2 Å². The van der Waals surface area contributed by atoms with Crippen LogP contribution in [0.15, 0.2) is 0 Å². The van der Waals surface area contributed by atoms with E-state index < -0.39 is 0 Å². The third-order valence-electron chi connectivity index (χ3n) is 4.02. The Morgan fingerprint density at radius 2 is 1.19 bits per heavy atom. The van der Waals surface area contributed by atoms with E-state index in [1.54, 1.807) is 0 Å². The highest BCUT2D eigenvalue weighted by Crippen LogP contribution is 2.56. The van der Waals surface area contributed by atoms with Crippen molar-refractivity contribution in [3.05, 3.63) is 0 Å². The van der Waals surface area contributed by atoms with Crippen LogP contribution in [0.3, 0.4) is 0 Å². The second-order valence-corrected chi connectivity index (χ2v) is 11.3. The van der Waals surface area contributed by atoms with E-state index in [4.69, 9.17) is 0 Å². The fourth-order valence-electron chi connectivity index (χ4n) is 2.85. The second kappa shape index (κ2) is 9.05. The molecular weight excluding hydrogens is 302 g/mol. The molecule has 0 atom stereocenters. The lowest BCUT2D eigenvalue weighted by Crippen LogP contribution is -2.48. The predicted molar refractivity (Wildman–Crippen MR) is 95.0 cm³/mol. The molecule has 0 unspecified atom stereocenters. The zero-order valence-electron chi connectivity index (χ0n) is 14.0. The topological polar surface area (TPSA) is 37.0 Å². The molecule has 0 aliphatic carbocycles. The highest BCUT2D eigenvalue weighted by atomic mass is 31.2. The van der Waals surface area contributed by atoms with Crippen LogP contribution in [0.2, 0.25) is 0 Å². The minimum Gasteiger partial charge on any atom is -0.314 e. The number of hydrogen-bond donors (Lipinski definition) is 2. The van der Waals surface area contributed by atoms with Crippen LogP contribution in [0.5, 0.6) is 0 Å². The number of nitrogens with zero attached hydrogens (tertiary/aromatic N) is 4. The summed E-state index contributed by atoms with van der Waals surface area (Å²) in [6.07, 6.45) is 0. The Morgan fingerprint density at radius 1 is 0.810 bits per heavy atom. The molecule has 2 N–H and O–H groups in total. The van der Waals surface area contributed by atoms with E-state index in [-0.39, 0.29) is 16.4 Å².